The first-order valence-corrected chi connectivity index (χ1v) is 8.72. The first-order valence-electron chi connectivity index (χ1n) is 8.34. The number of hydrogen-bond donors (Lipinski definition) is 2. The molecule has 3 aromatic rings. The van der Waals surface area contributed by atoms with Crippen LogP contribution < -0.4 is 21.4 Å². The van der Waals surface area contributed by atoms with E-state index in [1.165, 1.54) is 13.0 Å². The number of anilines is 1. The summed E-state index contributed by atoms with van der Waals surface area (Å²) in [5, 5.41) is 3.50. The number of ether oxygens (including phenoxy) is 1. The molecule has 1 heterocycles. The first kappa shape index (κ1) is 19.4. The average molecular weight is 401 g/mol. The molecule has 0 saturated heterocycles. The van der Waals surface area contributed by atoms with Gasteiger partial charge in [0.1, 0.15) is 5.58 Å². The Balaban J connectivity index is 2.04. The molecule has 0 radical (unpaired) electrons. The zero-order valence-electron chi connectivity index (χ0n) is 15.2. The van der Waals surface area contributed by atoms with Gasteiger partial charge < -0.3 is 20.2 Å². The summed E-state index contributed by atoms with van der Waals surface area (Å²) in [5.41, 5.74) is 7.37. The van der Waals surface area contributed by atoms with Crippen LogP contribution in [0.4, 0.5) is 10.5 Å². The molecule has 144 valence electrons. The number of hydrogen-bond acceptors (Lipinski definition) is 5. The summed E-state index contributed by atoms with van der Waals surface area (Å²) in [6.07, 6.45) is -0.703. The van der Waals surface area contributed by atoms with Gasteiger partial charge in [-0.3, -0.25) is 4.79 Å². The molecule has 1 aromatic heterocycles. The number of nitrogens with one attached hydrogen (secondary N) is 1. The molecule has 0 aliphatic carbocycles. The standard InChI is InChI=1S/C20H17ClN2O5/c1-10-14-8-16(21)18(28-20(22)26)9-17(14)27-19(25)15(10)7-12-4-3-5-13(6-12)23-11(2)24/h3-6,8-9H,7H2,1-2H3,(H2,22,26)(H,23,24). The van der Waals surface area contributed by atoms with E-state index in [-0.39, 0.29) is 22.3 Å². The van der Waals surface area contributed by atoms with Crippen molar-refractivity contribution in [2.75, 3.05) is 5.32 Å². The Morgan fingerprint density at radius 3 is 2.68 bits per heavy atom. The van der Waals surface area contributed by atoms with Crippen LogP contribution in [0.5, 0.6) is 5.75 Å². The second-order valence-electron chi connectivity index (χ2n) is 6.25. The average Bonchev–Trinajstić information content (AvgIpc) is 2.60. The Bertz CT molecular complexity index is 1150. The number of carbonyl (C=O) groups is 2. The van der Waals surface area contributed by atoms with Crippen LogP contribution >= 0.6 is 11.6 Å². The van der Waals surface area contributed by atoms with Crippen LogP contribution in [0.2, 0.25) is 5.02 Å². The monoisotopic (exact) mass is 400 g/mol. The van der Waals surface area contributed by atoms with Crippen LogP contribution in [0.25, 0.3) is 11.0 Å². The molecule has 0 bridgehead atoms. The summed E-state index contributed by atoms with van der Waals surface area (Å²) < 4.78 is 10.2. The van der Waals surface area contributed by atoms with E-state index < -0.39 is 11.7 Å². The predicted octanol–water partition coefficient (Wildman–Crippen LogP) is 3.76. The molecular formula is C20H17ClN2O5. The molecule has 3 rings (SSSR count). The molecule has 0 atom stereocenters. The minimum absolute atomic E-state index is 0.0139. The molecule has 28 heavy (non-hydrogen) atoms. The van der Waals surface area contributed by atoms with E-state index in [0.717, 1.165) is 5.56 Å². The Labute approximate surface area is 165 Å². The third kappa shape index (κ3) is 4.15. The zero-order valence-corrected chi connectivity index (χ0v) is 15.9. The molecule has 8 heteroatoms. The maximum atomic E-state index is 12.5. The lowest BCUT2D eigenvalue weighted by atomic mass is 9.99. The maximum Gasteiger partial charge on any atom is 0.410 e. The number of halogens is 1. The van der Waals surface area contributed by atoms with Gasteiger partial charge in [0.25, 0.3) is 0 Å². The van der Waals surface area contributed by atoms with Gasteiger partial charge in [0, 0.05) is 36.0 Å². The molecule has 0 aliphatic heterocycles. The molecule has 0 aliphatic rings. The van der Waals surface area contributed by atoms with Gasteiger partial charge in [-0.1, -0.05) is 23.7 Å². The Morgan fingerprint density at radius 2 is 2.00 bits per heavy atom. The van der Waals surface area contributed by atoms with Crippen molar-refractivity contribution in [2.45, 2.75) is 20.3 Å². The van der Waals surface area contributed by atoms with Crippen molar-refractivity contribution >= 4 is 40.3 Å². The molecule has 0 unspecified atom stereocenters. The molecular weight excluding hydrogens is 384 g/mol. The van der Waals surface area contributed by atoms with Crippen LogP contribution in [0.1, 0.15) is 23.6 Å². The van der Waals surface area contributed by atoms with E-state index in [9.17, 15) is 14.4 Å². The molecule has 0 spiro atoms. The fourth-order valence-electron chi connectivity index (χ4n) is 2.95. The van der Waals surface area contributed by atoms with E-state index in [2.05, 4.69) is 5.32 Å². The highest BCUT2D eigenvalue weighted by molar-refractivity contribution is 6.33. The van der Waals surface area contributed by atoms with E-state index in [1.54, 1.807) is 31.2 Å². The van der Waals surface area contributed by atoms with E-state index >= 15 is 0 Å². The Hall–Kier alpha value is -3.32. The lowest BCUT2D eigenvalue weighted by Crippen LogP contribution is -2.16. The van der Waals surface area contributed by atoms with Gasteiger partial charge in [-0.05, 0) is 36.2 Å². The third-order valence-corrected chi connectivity index (χ3v) is 4.47. The van der Waals surface area contributed by atoms with Crippen molar-refractivity contribution in [1.29, 1.82) is 0 Å². The highest BCUT2D eigenvalue weighted by Gasteiger charge is 2.16. The van der Waals surface area contributed by atoms with E-state index in [4.69, 9.17) is 26.5 Å². The lowest BCUT2D eigenvalue weighted by Gasteiger charge is -2.11. The predicted molar refractivity (Wildman–Crippen MR) is 106 cm³/mol. The van der Waals surface area contributed by atoms with Crippen LogP contribution in [0.3, 0.4) is 0 Å². The smallest absolute Gasteiger partial charge is 0.410 e. The maximum absolute atomic E-state index is 12.5. The van der Waals surface area contributed by atoms with Crippen LogP contribution in [0.15, 0.2) is 45.6 Å². The topological polar surface area (TPSA) is 112 Å². The second-order valence-corrected chi connectivity index (χ2v) is 6.66. The van der Waals surface area contributed by atoms with Crippen LogP contribution in [-0.2, 0) is 11.2 Å². The summed E-state index contributed by atoms with van der Waals surface area (Å²) in [7, 11) is 0. The van der Waals surface area contributed by atoms with E-state index in [0.29, 0.717) is 28.6 Å². The van der Waals surface area contributed by atoms with Gasteiger partial charge in [0.2, 0.25) is 5.91 Å². The summed E-state index contributed by atoms with van der Waals surface area (Å²) in [5.74, 6) is -0.165. The number of carbonyl (C=O) groups excluding carboxylic acids is 2. The second kappa shape index (κ2) is 7.74. The van der Waals surface area contributed by atoms with E-state index in [1.807, 2.05) is 6.07 Å². The number of aryl methyl sites for hydroxylation is 1. The number of fused-ring (bicyclic) bond motifs is 1. The number of rotatable bonds is 4. The molecule has 0 saturated carbocycles. The molecule has 3 N–H and O–H groups in total. The lowest BCUT2D eigenvalue weighted by molar-refractivity contribution is -0.114. The summed E-state index contributed by atoms with van der Waals surface area (Å²) in [6, 6.07) is 10.1. The number of benzene rings is 2. The molecule has 7 nitrogen and oxygen atoms in total. The van der Waals surface area contributed by atoms with Gasteiger partial charge in [-0.2, -0.15) is 0 Å². The van der Waals surface area contributed by atoms with Gasteiger partial charge >= 0.3 is 11.7 Å². The molecule has 2 aromatic carbocycles. The SMILES string of the molecule is CC(=O)Nc1cccc(Cc2c(C)c3cc(Cl)c(OC(N)=O)cc3oc2=O)c1. The van der Waals surface area contributed by atoms with Gasteiger partial charge in [0.05, 0.1) is 5.02 Å². The highest BCUT2D eigenvalue weighted by atomic mass is 35.5. The fourth-order valence-corrected chi connectivity index (χ4v) is 3.15. The minimum atomic E-state index is -1.02. The minimum Gasteiger partial charge on any atom is -0.422 e. The Kier molecular flexibility index (Phi) is 5.37. The largest absolute Gasteiger partial charge is 0.422 e. The normalized spacial score (nSPS) is 10.7. The van der Waals surface area contributed by atoms with Crippen molar-refractivity contribution in [2.24, 2.45) is 5.73 Å². The van der Waals surface area contributed by atoms with Gasteiger partial charge in [-0.15, -0.1) is 0 Å². The van der Waals surface area contributed by atoms with Crippen molar-refractivity contribution in [3.05, 3.63) is 68.5 Å². The number of primary amides is 1. The third-order valence-electron chi connectivity index (χ3n) is 4.18. The molecule has 0 fully saturated rings. The Morgan fingerprint density at radius 1 is 1.25 bits per heavy atom. The van der Waals surface area contributed by atoms with Crippen LogP contribution in [0, 0.1) is 6.92 Å². The van der Waals surface area contributed by atoms with Gasteiger partial charge in [-0.25, -0.2) is 9.59 Å². The van der Waals surface area contributed by atoms with Crippen molar-refractivity contribution in [1.82, 2.24) is 0 Å². The fraction of sp³-hybridized carbons (Fsp3) is 0.150. The van der Waals surface area contributed by atoms with Crippen molar-refractivity contribution < 1.29 is 18.7 Å². The summed E-state index contributed by atoms with van der Waals surface area (Å²) in [6.45, 7) is 3.21. The van der Waals surface area contributed by atoms with Crippen molar-refractivity contribution in [3.63, 3.8) is 0 Å². The molecule has 2 amide bonds. The highest BCUT2D eigenvalue weighted by Crippen LogP contribution is 2.32. The summed E-state index contributed by atoms with van der Waals surface area (Å²) in [4.78, 5) is 34.7. The summed E-state index contributed by atoms with van der Waals surface area (Å²) >= 11 is 6.15. The first-order chi connectivity index (χ1) is 13.2. The number of nitrogens with two attached hydrogens (primary N) is 1. The quantitative estimate of drug-likeness (QED) is 0.647. The number of amides is 2. The van der Waals surface area contributed by atoms with Crippen molar-refractivity contribution in [3.8, 4) is 5.75 Å². The zero-order chi connectivity index (χ0) is 20.4. The van der Waals surface area contributed by atoms with Gasteiger partial charge in [0.15, 0.2) is 5.75 Å². The van der Waals surface area contributed by atoms with Crippen LogP contribution in [-0.4, -0.2) is 12.0 Å².